The Morgan fingerprint density at radius 2 is 2.15 bits per heavy atom. The van der Waals surface area contributed by atoms with Crippen molar-refractivity contribution in [3.8, 4) is 0 Å². The molecule has 1 aliphatic heterocycles. The molecule has 0 spiro atoms. The minimum absolute atomic E-state index is 0.0615. The summed E-state index contributed by atoms with van der Waals surface area (Å²) >= 11 is 0. The number of hydrogen-bond acceptors (Lipinski definition) is 4. The Hall–Kier alpha value is -2.80. The SMILES string of the molecule is O=C(NCc1cn2ccnc2cn1)c1ccc(C2CCNCC2)cc1F. The van der Waals surface area contributed by atoms with Gasteiger partial charge in [0.1, 0.15) is 5.82 Å². The standard InChI is InChI=1S/C19H20FN5O/c20-17-9-14(13-3-5-21-6-4-13)1-2-16(17)19(26)24-10-15-12-25-8-7-22-18(25)11-23-15/h1-2,7-9,11-13,21H,3-6,10H2,(H,24,26). The number of imidazole rings is 1. The number of nitrogens with zero attached hydrogens (tertiary/aromatic N) is 3. The van der Waals surface area contributed by atoms with Gasteiger partial charge in [0.2, 0.25) is 0 Å². The molecule has 6 nitrogen and oxygen atoms in total. The van der Waals surface area contributed by atoms with Gasteiger partial charge >= 0.3 is 0 Å². The lowest BCUT2D eigenvalue weighted by Gasteiger charge is -2.23. The minimum atomic E-state index is -0.475. The van der Waals surface area contributed by atoms with Gasteiger partial charge in [0, 0.05) is 18.6 Å². The zero-order valence-electron chi connectivity index (χ0n) is 14.3. The lowest BCUT2D eigenvalue weighted by atomic mass is 9.89. The van der Waals surface area contributed by atoms with Crippen LogP contribution in [0.25, 0.3) is 5.65 Å². The summed E-state index contributed by atoms with van der Waals surface area (Å²) in [5.41, 5.74) is 2.44. The second-order valence-corrected chi connectivity index (χ2v) is 6.52. The van der Waals surface area contributed by atoms with Gasteiger partial charge in [0.05, 0.1) is 24.0 Å². The number of carbonyl (C=O) groups is 1. The van der Waals surface area contributed by atoms with E-state index in [0.29, 0.717) is 11.6 Å². The molecular weight excluding hydrogens is 333 g/mol. The molecule has 0 atom stereocenters. The van der Waals surface area contributed by atoms with E-state index >= 15 is 0 Å². The van der Waals surface area contributed by atoms with Gasteiger partial charge in [-0.05, 0) is 49.5 Å². The van der Waals surface area contributed by atoms with E-state index < -0.39 is 11.7 Å². The molecule has 1 amide bonds. The van der Waals surface area contributed by atoms with Crippen molar-refractivity contribution in [2.45, 2.75) is 25.3 Å². The van der Waals surface area contributed by atoms with Crippen LogP contribution < -0.4 is 10.6 Å². The van der Waals surface area contributed by atoms with Crippen molar-refractivity contribution in [3.05, 3.63) is 65.6 Å². The van der Waals surface area contributed by atoms with Gasteiger partial charge in [-0.15, -0.1) is 0 Å². The first-order chi connectivity index (χ1) is 12.7. The normalized spacial score (nSPS) is 15.3. The summed E-state index contributed by atoms with van der Waals surface area (Å²) in [6.07, 6.45) is 8.90. The lowest BCUT2D eigenvalue weighted by Crippen LogP contribution is -2.27. The van der Waals surface area contributed by atoms with Crippen LogP contribution in [0, 0.1) is 5.82 Å². The molecule has 134 valence electrons. The summed E-state index contributed by atoms with van der Waals surface area (Å²) in [6.45, 7) is 2.12. The third-order valence-electron chi connectivity index (χ3n) is 4.81. The molecule has 0 bridgehead atoms. The molecule has 0 unspecified atom stereocenters. The predicted octanol–water partition coefficient (Wildman–Crippen LogP) is 2.27. The van der Waals surface area contributed by atoms with E-state index in [4.69, 9.17) is 0 Å². The van der Waals surface area contributed by atoms with Crippen LogP contribution in [0.1, 0.15) is 40.4 Å². The van der Waals surface area contributed by atoms with Crippen molar-refractivity contribution in [2.75, 3.05) is 13.1 Å². The Morgan fingerprint density at radius 3 is 2.96 bits per heavy atom. The zero-order chi connectivity index (χ0) is 17.9. The monoisotopic (exact) mass is 353 g/mol. The Labute approximate surface area is 150 Å². The molecule has 7 heteroatoms. The number of carbonyl (C=O) groups excluding carboxylic acids is 1. The van der Waals surface area contributed by atoms with Crippen LogP contribution in [0.15, 0.2) is 43.0 Å². The Morgan fingerprint density at radius 1 is 1.31 bits per heavy atom. The van der Waals surface area contributed by atoms with Crippen molar-refractivity contribution in [2.24, 2.45) is 0 Å². The maximum absolute atomic E-state index is 14.4. The average molecular weight is 353 g/mol. The number of halogens is 1. The van der Waals surface area contributed by atoms with Crippen molar-refractivity contribution in [3.63, 3.8) is 0 Å². The van der Waals surface area contributed by atoms with Crippen molar-refractivity contribution < 1.29 is 9.18 Å². The lowest BCUT2D eigenvalue weighted by molar-refractivity contribution is 0.0946. The fourth-order valence-electron chi connectivity index (χ4n) is 3.35. The van der Waals surface area contributed by atoms with E-state index in [-0.39, 0.29) is 12.1 Å². The number of fused-ring (bicyclic) bond motifs is 1. The van der Waals surface area contributed by atoms with Crippen molar-refractivity contribution in [1.82, 2.24) is 25.0 Å². The number of rotatable bonds is 4. The Kier molecular flexibility index (Phi) is 4.62. The van der Waals surface area contributed by atoms with Gasteiger partial charge in [0.15, 0.2) is 5.65 Å². The molecule has 1 aliphatic rings. The molecule has 2 N–H and O–H groups in total. The summed E-state index contributed by atoms with van der Waals surface area (Å²) < 4.78 is 16.3. The number of amides is 1. The molecule has 1 aromatic carbocycles. The van der Waals surface area contributed by atoms with Crippen LogP contribution in [-0.4, -0.2) is 33.4 Å². The largest absolute Gasteiger partial charge is 0.346 e. The minimum Gasteiger partial charge on any atom is -0.346 e. The Balaban J connectivity index is 1.43. The van der Waals surface area contributed by atoms with E-state index in [1.165, 1.54) is 6.07 Å². The molecule has 2 aromatic heterocycles. The predicted molar refractivity (Wildman–Crippen MR) is 95.4 cm³/mol. The third kappa shape index (κ3) is 3.43. The molecule has 3 aromatic rings. The average Bonchev–Trinajstić information content (AvgIpc) is 3.14. The summed E-state index contributed by atoms with van der Waals surface area (Å²) in [6, 6.07) is 4.94. The molecule has 0 aliphatic carbocycles. The zero-order valence-corrected chi connectivity index (χ0v) is 14.3. The van der Waals surface area contributed by atoms with Crippen LogP contribution in [0.4, 0.5) is 4.39 Å². The Bertz CT molecular complexity index is 933. The molecule has 0 radical (unpaired) electrons. The van der Waals surface area contributed by atoms with Crippen LogP contribution >= 0.6 is 0 Å². The fourth-order valence-corrected chi connectivity index (χ4v) is 3.35. The highest BCUT2D eigenvalue weighted by Crippen LogP contribution is 2.26. The topological polar surface area (TPSA) is 71.3 Å². The molecule has 0 saturated carbocycles. The number of benzene rings is 1. The van der Waals surface area contributed by atoms with E-state index in [2.05, 4.69) is 20.6 Å². The highest BCUT2D eigenvalue weighted by molar-refractivity contribution is 5.94. The second kappa shape index (κ2) is 7.21. The highest BCUT2D eigenvalue weighted by Gasteiger charge is 2.18. The van der Waals surface area contributed by atoms with Gasteiger partial charge in [0.25, 0.3) is 5.91 Å². The molecule has 1 fully saturated rings. The van der Waals surface area contributed by atoms with E-state index in [9.17, 15) is 9.18 Å². The number of nitrogens with one attached hydrogen (secondary N) is 2. The molecule has 26 heavy (non-hydrogen) atoms. The number of aromatic nitrogens is 3. The van der Waals surface area contributed by atoms with Crippen molar-refractivity contribution >= 4 is 11.6 Å². The van der Waals surface area contributed by atoms with Gasteiger partial charge in [-0.3, -0.25) is 9.78 Å². The quantitative estimate of drug-likeness (QED) is 0.755. The summed E-state index contributed by atoms with van der Waals surface area (Å²) in [5, 5.41) is 6.03. The summed E-state index contributed by atoms with van der Waals surface area (Å²) in [7, 11) is 0. The van der Waals surface area contributed by atoms with Crippen molar-refractivity contribution in [1.29, 1.82) is 0 Å². The van der Waals surface area contributed by atoms with Crippen LogP contribution in [0.5, 0.6) is 0 Å². The maximum Gasteiger partial charge on any atom is 0.254 e. The third-order valence-corrected chi connectivity index (χ3v) is 4.81. The van der Waals surface area contributed by atoms with Gasteiger partial charge in [-0.2, -0.15) is 0 Å². The maximum atomic E-state index is 14.4. The first kappa shape index (κ1) is 16.7. The smallest absolute Gasteiger partial charge is 0.254 e. The van der Waals surface area contributed by atoms with Gasteiger partial charge < -0.3 is 15.0 Å². The molecule has 1 saturated heterocycles. The second-order valence-electron chi connectivity index (χ2n) is 6.52. The first-order valence-electron chi connectivity index (χ1n) is 8.76. The highest BCUT2D eigenvalue weighted by atomic mass is 19.1. The molecular formula is C19H20FN5O. The summed E-state index contributed by atoms with van der Waals surface area (Å²) in [4.78, 5) is 20.7. The molecule has 4 rings (SSSR count). The first-order valence-corrected chi connectivity index (χ1v) is 8.76. The van der Waals surface area contributed by atoms with E-state index in [1.54, 1.807) is 24.7 Å². The van der Waals surface area contributed by atoms with Gasteiger partial charge in [-0.25, -0.2) is 9.37 Å². The van der Waals surface area contributed by atoms with E-state index in [0.717, 1.165) is 37.1 Å². The van der Waals surface area contributed by atoms with Crippen LogP contribution in [0.2, 0.25) is 0 Å². The number of piperidine rings is 1. The van der Waals surface area contributed by atoms with Crippen LogP contribution in [-0.2, 0) is 6.54 Å². The van der Waals surface area contributed by atoms with E-state index in [1.807, 2.05) is 16.7 Å². The van der Waals surface area contributed by atoms with Crippen LogP contribution in [0.3, 0.4) is 0 Å². The van der Waals surface area contributed by atoms with Gasteiger partial charge in [-0.1, -0.05) is 6.07 Å². The fraction of sp³-hybridized carbons (Fsp3) is 0.316. The summed E-state index contributed by atoms with van der Waals surface area (Å²) in [5.74, 6) is -0.558. The number of hydrogen-bond donors (Lipinski definition) is 2. The molecule has 3 heterocycles.